The largest absolute Gasteiger partial charge is 0.330 e. The molecule has 0 unspecified atom stereocenters. The van der Waals surface area contributed by atoms with Gasteiger partial charge in [-0.2, -0.15) is 11.1 Å². The topological polar surface area (TPSA) is 26.0 Å². The van der Waals surface area contributed by atoms with E-state index < -0.39 is 7.38 Å². The average molecular weight is 474 g/mol. The summed E-state index contributed by atoms with van der Waals surface area (Å²) in [7, 11) is -1.31. The van der Waals surface area contributed by atoms with E-state index in [-0.39, 0.29) is 0 Å². The fourth-order valence-corrected chi connectivity index (χ4v) is 6.07. The third-order valence-electron chi connectivity index (χ3n) is 6.73. The molecule has 0 aromatic heterocycles. The summed E-state index contributed by atoms with van der Waals surface area (Å²) in [6.07, 6.45) is 34.5. The Morgan fingerprint density at radius 3 is 0.774 bits per heavy atom. The highest BCUT2D eigenvalue weighted by Gasteiger charge is 2.15. The molecule has 1 nitrogen and oxygen atoms in total. The molecule has 0 rings (SSSR count). The zero-order chi connectivity index (χ0) is 22.9. The van der Waals surface area contributed by atoms with E-state index in [1.165, 1.54) is 160 Å². The maximum atomic E-state index is 6.37. The maximum absolute atomic E-state index is 6.37. The van der Waals surface area contributed by atoms with Crippen LogP contribution in [0.4, 0.5) is 0 Å². The lowest BCUT2D eigenvalue weighted by Gasteiger charge is -2.11. The summed E-state index contributed by atoms with van der Waals surface area (Å²) in [5.41, 5.74) is 5.53. The Morgan fingerprint density at radius 1 is 0.387 bits per heavy atom. The van der Waals surface area contributed by atoms with Crippen molar-refractivity contribution in [2.45, 2.75) is 173 Å². The SMILES string of the molecule is C[Si](C)(Cl)CCCCCCCCCCCCCCCCCCCCCCCCCCN. The molecule has 0 radical (unpaired) electrons. The van der Waals surface area contributed by atoms with Gasteiger partial charge in [-0.1, -0.05) is 161 Å². The number of unbranched alkanes of at least 4 members (excludes halogenated alkanes) is 23. The van der Waals surface area contributed by atoms with Crippen LogP contribution in [-0.2, 0) is 0 Å². The van der Waals surface area contributed by atoms with Gasteiger partial charge in [0, 0.05) is 0 Å². The van der Waals surface area contributed by atoms with Crippen molar-refractivity contribution in [1.82, 2.24) is 0 Å². The van der Waals surface area contributed by atoms with Gasteiger partial charge < -0.3 is 5.73 Å². The van der Waals surface area contributed by atoms with Crippen molar-refractivity contribution < 1.29 is 0 Å². The van der Waals surface area contributed by atoms with Gasteiger partial charge in [-0.3, -0.25) is 0 Å². The van der Waals surface area contributed by atoms with E-state index in [0.717, 1.165) is 6.54 Å². The Bertz CT molecular complexity index is 329. The van der Waals surface area contributed by atoms with E-state index >= 15 is 0 Å². The Hall–Kier alpha value is 0.467. The molecule has 0 heterocycles. The van der Waals surface area contributed by atoms with Crippen molar-refractivity contribution in [3.8, 4) is 0 Å². The molecule has 31 heavy (non-hydrogen) atoms. The molecule has 0 aromatic rings. The number of nitrogens with two attached hydrogens (primary N) is 1. The van der Waals surface area contributed by atoms with Crippen molar-refractivity contribution in [2.24, 2.45) is 5.73 Å². The van der Waals surface area contributed by atoms with Crippen LogP contribution in [0.2, 0.25) is 19.1 Å². The van der Waals surface area contributed by atoms with Crippen LogP contribution in [-0.4, -0.2) is 13.9 Å². The van der Waals surface area contributed by atoms with Crippen LogP contribution in [0.3, 0.4) is 0 Å². The molecule has 188 valence electrons. The molecule has 0 amide bonds. The van der Waals surface area contributed by atoms with Gasteiger partial charge in [-0.25, -0.2) is 0 Å². The summed E-state index contributed by atoms with van der Waals surface area (Å²) >= 11 is 6.37. The summed E-state index contributed by atoms with van der Waals surface area (Å²) < 4.78 is 0. The van der Waals surface area contributed by atoms with Gasteiger partial charge in [0.1, 0.15) is 7.38 Å². The monoisotopic (exact) mass is 473 g/mol. The van der Waals surface area contributed by atoms with E-state index in [9.17, 15) is 0 Å². The van der Waals surface area contributed by atoms with Crippen LogP contribution >= 0.6 is 11.1 Å². The number of rotatable bonds is 26. The minimum atomic E-state index is -1.31. The minimum absolute atomic E-state index is 0.871. The molecule has 0 atom stereocenters. The number of halogens is 1. The molecule has 0 aromatic carbocycles. The van der Waals surface area contributed by atoms with E-state index in [0.29, 0.717) is 0 Å². The molecule has 3 heteroatoms. The van der Waals surface area contributed by atoms with Gasteiger partial charge in [-0.15, -0.1) is 0 Å². The summed E-state index contributed by atoms with van der Waals surface area (Å²) in [6.45, 7) is 5.41. The van der Waals surface area contributed by atoms with Gasteiger partial charge in [0.15, 0.2) is 0 Å². The smallest absolute Gasteiger partial charge is 0.150 e. The Kier molecular flexibility index (Phi) is 25.5. The first-order valence-corrected chi connectivity index (χ1v) is 18.7. The first-order valence-electron chi connectivity index (χ1n) is 14.5. The second-order valence-corrected chi connectivity index (χ2v) is 17.7. The molecule has 0 aliphatic rings. The first-order chi connectivity index (χ1) is 15.1. The predicted molar refractivity (Wildman–Crippen MR) is 148 cm³/mol. The zero-order valence-electron chi connectivity index (χ0n) is 21.8. The quantitative estimate of drug-likeness (QED) is 0.0753. The third kappa shape index (κ3) is 30.5. The Labute approximate surface area is 203 Å². The van der Waals surface area contributed by atoms with Gasteiger partial charge in [0.25, 0.3) is 0 Å². The van der Waals surface area contributed by atoms with Crippen LogP contribution in [0.15, 0.2) is 0 Å². The molecular formula is C28H60ClNSi. The average Bonchev–Trinajstić information content (AvgIpc) is 2.73. The number of hydrogen-bond acceptors (Lipinski definition) is 1. The molecular weight excluding hydrogens is 414 g/mol. The van der Waals surface area contributed by atoms with Gasteiger partial charge in [-0.05, 0) is 19.0 Å². The summed E-state index contributed by atoms with van der Waals surface area (Å²) in [5, 5.41) is 0. The highest BCUT2D eigenvalue weighted by atomic mass is 35.6. The van der Waals surface area contributed by atoms with Crippen LogP contribution in [0, 0.1) is 0 Å². The van der Waals surface area contributed by atoms with Gasteiger partial charge in [0.2, 0.25) is 0 Å². The van der Waals surface area contributed by atoms with Gasteiger partial charge in [0.05, 0.1) is 0 Å². The fourth-order valence-electron chi connectivity index (χ4n) is 4.58. The van der Waals surface area contributed by atoms with Crippen molar-refractivity contribution in [1.29, 1.82) is 0 Å². The summed E-state index contributed by atoms with van der Waals surface area (Å²) in [4.78, 5) is 0. The molecule has 0 aliphatic carbocycles. The van der Waals surface area contributed by atoms with Crippen LogP contribution in [0.5, 0.6) is 0 Å². The zero-order valence-corrected chi connectivity index (χ0v) is 23.6. The Morgan fingerprint density at radius 2 is 0.581 bits per heavy atom. The molecule has 2 N–H and O–H groups in total. The normalized spacial score (nSPS) is 12.0. The lowest BCUT2D eigenvalue weighted by atomic mass is 10.0. The van der Waals surface area contributed by atoms with E-state index in [1.54, 1.807) is 0 Å². The summed E-state index contributed by atoms with van der Waals surface area (Å²) in [6, 6.07) is 1.30. The van der Waals surface area contributed by atoms with Crippen molar-refractivity contribution in [2.75, 3.05) is 6.54 Å². The second-order valence-electron chi connectivity index (χ2n) is 10.7. The minimum Gasteiger partial charge on any atom is -0.330 e. The van der Waals surface area contributed by atoms with Gasteiger partial charge >= 0.3 is 0 Å². The Balaban J connectivity index is 3.02. The molecule has 0 saturated carbocycles. The van der Waals surface area contributed by atoms with E-state index in [2.05, 4.69) is 13.1 Å². The predicted octanol–water partition coefficient (Wildman–Crippen LogP) is 10.8. The van der Waals surface area contributed by atoms with Crippen molar-refractivity contribution in [3.05, 3.63) is 0 Å². The second kappa shape index (κ2) is 25.1. The molecule has 0 saturated heterocycles. The third-order valence-corrected chi connectivity index (χ3v) is 8.83. The first kappa shape index (κ1) is 31.5. The lowest BCUT2D eigenvalue weighted by molar-refractivity contribution is 0.517. The number of hydrogen-bond donors (Lipinski definition) is 1. The molecule has 0 fully saturated rings. The molecule has 0 aliphatic heterocycles. The van der Waals surface area contributed by atoms with E-state index in [1.807, 2.05) is 0 Å². The van der Waals surface area contributed by atoms with E-state index in [4.69, 9.17) is 16.8 Å². The van der Waals surface area contributed by atoms with Crippen LogP contribution in [0.25, 0.3) is 0 Å². The van der Waals surface area contributed by atoms with Crippen molar-refractivity contribution in [3.63, 3.8) is 0 Å². The highest BCUT2D eigenvalue weighted by molar-refractivity contribution is 7.19. The molecule has 0 bridgehead atoms. The fraction of sp³-hybridized carbons (Fsp3) is 1.00. The summed E-state index contributed by atoms with van der Waals surface area (Å²) in [5.74, 6) is 0. The standard InChI is InChI=1S/C28H60ClNSi/c1-31(2,29)28-26-24-22-20-18-16-14-12-10-8-6-4-3-5-7-9-11-13-15-17-19-21-23-25-27-30/h3-28,30H2,1-2H3. The maximum Gasteiger partial charge on any atom is 0.150 e. The lowest BCUT2D eigenvalue weighted by Crippen LogP contribution is -2.14. The molecule has 0 spiro atoms. The van der Waals surface area contributed by atoms with Crippen molar-refractivity contribution >= 4 is 18.5 Å². The van der Waals surface area contributed by atoms with Crippen LogP contribution in [0.1, 0.15) is 154 Å². The highest BCUT2D eigenvalue weighted by Crippen LogP contribution is 2.20. The van der Waals surface area contributed by atoms with Crippen LogP contribution < -0.4 is 5.73 Å².